The molecular formula is C10H9BrO2. The molecule has 1 N–H and O–H groups in total. The van der Waals surface area contributed by atoms with Crippen molar-refractivity contribution in [3.05, 3.63) is 33.8 Å². The Morgan fingerprint density at radius 2 is 2.31 bits per heavy atom. The number of benzene rings is 1. The van der Waals surface area contributed by atoms with Gasteiger partial charge in [0.05, 0.1) is 11.1 Å². The van der Waals surface area contributed by atoms with Gasteiger partial charge in [-0.2, -0.15) is 0 Å². The predicted octanol–water partition coefficient (Wildman–Crippen LogP) is 2.22. The summed E-state index contributed by atoms with van der Waals surface area (Å²) in [6.45, 7) is 0.540. The monoisotopic (exact) mass is 240 g/mol. The maximum Gasteiger partial charge on any atom is 0.141 e. The quantitative estimate of drug-likeness (QED) is 0.816. The number of aliphatic hydroxyl groups excluding tert-OH is 1. The van der Waals surface area contributed by atoms with Crippen LogP contribution < -0.4 is 4.74 Å². The molecule has 0 saturated heterocycles. The minimum atomic E-state index is 0.0615. The second kappa shape index (κ2) is 3.52. The van der Waals surface area contributed by atoms with Crippen molar-refractivity contribution in [2.45, 2.75) is 0 Å². The largest absolute Gasteiger partial charge is 0.487 e. The average Bonchev–Trinajstić information content (AvgIpc) is 2.18. The zero-order valence-corrected chi connectivity index (χ0v) is 8.54. The van der Waals surface area contributed by atoms with Crippen LogP contribution in [0.2, 0.25) is 0 Å². The number of hydrogen-bond acceptors (Lipinski definition) is 2. The van der Waals surface area contributed by atoms with Crippen LogP contribution in [0.15, 0.2) is 28.2 Å². The van der Waals surface area contributed by atoms with Crippen molar-refractivity contribution in [3.63, 3.8) is 0 Å². The molecule has 0 fully saturated rings. The van der Waals surface area contributed by atoms with Crippen LogP contribution in [0, 0.1) is 0 Å². The van der Waals surface area contributed by atoms with Gasteiger partial charge in [0.25, 0.3) is 0 Å². The Balaban J connectivity index is 2.47. The molecule has 0 radical (unpaired) electrons. The van der Waals surface area contributed by atoms with Gasteiger partial charge in [0.1, 0.15) is 12.4 Å². The van der Waals surface area contributed by atoms with Gasteiger partial charge in [-0.3, -0.25) is 0 Å². The summed E-state index contributed by atoms with van der Waals surface area (Å²) >= 11 is 3.41. The third kappa shape index (κ3) is 1.62. The highest BCUT2D eigenvalue weighted by atomic mass is 79.9. The van der Waals surface area contributed by atoms with E-state index < -0.39 is 0 Å². The fraction of sp³-hybridized carbons (Fsp3) is 0.200. The molecule has 0 atom stereocenters. The van der Waals surface area contributed by atoms with E-state index in [1.54, 1.807) is 0 Å². The van der Waals surface area contributed by atoms with Gasteiger partial charge in [0.2, 0.25) is 0 Å². The molecule has 0 aromatic heterocycles. The molecule has 0 spiro atoms. The summed E-state index contributed by atoms with van der Waals surface area (Å²) in [4.78, 5) is 0. The Kier molecular flexibility index (Phi) is 2.38. The first kappa shape index (κ1) is 8.78. The van der Waals surface area contributed by atoms with Crippen molar-refractivity contribution in [3.8, 4) is 5.75 Å². The summed E-state index contributed by atoms with van der Waals surface area (Å²) in [5, 5.41) is 8.93. The van der Waals surface area contributed by atoms with Crippen molar-refractivity contribution < 1.29 is 9.84 Å². The van der Waals surface area contributed by atoms with Gasteiger partial charge in [-0.25, -0.2) is 0 Å². The van der Waals surface area contributed by atoms with Crippen molar-refractivity contribution in [1.82, 2.24) is 0 Å². The zero-order valence-electron chi connectivity index (χ0n) is 6.96. The molecule has 68 valence electrons. The van der Waals surface area contributed by atoms with Crippen molar-refractivity contribution in [2.75, 3.05) is 13.2 Å². The third-order valence-corrected chi connectivity index (χ3v) is 2.59. The van der Waals surface area contributed by atoms with Crippen LogP contribution >= 0.6 is 15.9 Å². The van der Waals surface area contributed by atoms with E-state index in [2.05, 4.69) is 15.9 Å². The lowest BCUT2D eigenvalue weighted by atomic mass is 10.1. The van der Waals surface area contributed by atoms with Crippen molar-refractivity contribution in [1.29, 1.82) is 0 Å². The van der Waals surface area contributed by atoms with E-state index in [0.29, 0.717) is 6.61 Å². The predicted molar refractivity (Wildman–Crippen MR) is 54.7 cm³/mol. The van der Waals surface area contributed by atoms with E-state index >= 15 is 0 Å². The van der Waals surface area contributed by atoms with Crippen LogP contribution in [0.5, 0.6) is 5.75 Å². The molecule has 2 nitrogen and oxygen atoms in total. The van der Waals surface area contributed by atoms with E-state index in [1.165, 1.54) is 0 Å². The molecule has 1 aromatic rings. The second-order valence-electron chi connectivity index (χ2n) is 2.91. The molecule has 2 rings (SSSR count). The summed E-state index contributed by atoms with van der Waals surface area (Å²) < 4.78 is 6.44. The molecular weight excluding hydrogens is 232 g/mol. The standard InChI is InChI=1S/C10H9BrO2/c11-9-3-1-2-8-4-7(5-12)6-13-10(8)9/h1-4,12H,5-6H2. The minimum Gasteiger partial charge on any atom is -0.487 e. The van der Waals surface area contributed by atoms with Crippen LogP contribution in [-0.4, -0.2) is 18.3 Å². The Hall–Kier alpha value is -0.800. The highest BCUT2D eigenvalue weighted by Gasteiger charge is 2.12. The summed E-state index contributed by atoms with van der Waals surface area (Å²) in [7, 11) is 0. The molecule has 0 amide bonds. The average molecular weight is 241 g/mol. The SMILES string of the molecule is OCC1=Cc2cccc(Br)c2OC1. The van der Waals surface area contributed by atoms with Crippen LogP contribution in [-0.2, 0) is 0 Å². The first-order valence-electron chi connectivity index (χ1n) is 4.03. The van der Waals surface area contributed by atoms with Gasteiger partial charge in [-0.15, -0.1) is 0 Å². The first-order valence-corrected chi connectivity index (χ1v) is 4.82. The highest BCUT2D eigenvalue weighted by molar-refractivity contribution is 9.10. The first-order chi connectivity index (χ1) is 6.31. The summed E-state index contributed by atoms with van der Waals surface area (Å²) in [6.07, 6.45) is 1.96. The van der Waals surface area contributed by atoms with Crippen LogP contribution in [0.25, 0.3) is 6.08 Å². The van der Waals surface area contributed by atoms with E-state index in [9.17, 15) is 0 Å². The van der Waals surface area contributed by atoms with Crippen molar-refractivity contribution >= 4 is 22.0 Å². The smallest absolute Gasteiger partial charge is 0.141 e. The van der Waals surface area contributed by atoms with Crippen LogP contribution in [0.1, 0.15) is 5.56 Å². The molecule has 0 aliphatic carbocycles. The number of halogens is 1. The molecule has 0 unspecified atom stereocenters. The highest BCUT2D eigenvalue weighted by Crippen LogP contribution is 2.33. The van der Waals surface area contributed by atoms with Crippen LogP contribution in [0.3, 0.4) is 0 Å². The number of ether oxygens (including phenoxy) is 1. The Morgan fingerprint density at radius 3 is 3.08 bits per heavy atom. The molecule has 3 heteroatoms. The normalized spacial score (nSPS) is 14.5. The number of fused-ring (bicyclic) bond motifs is 1. The molecule has 1 heterocycles. The molecule has 1 aliphatic heterocycles. The lowest BCUT2D eigenvalue weighted by molar-refractivity contribution is 0.284. The van der Waals surface area contributed by atoms with Gasteiger partial charge >= 0.3 is 0 Å². The van der Waals surface area contributed by atoms with Crippen LogP contribution in [0.4, 0.5) is 0 Å². The summed E-state index contributed by atoms with van der Waals surface area (Å²) in [5.41, 5.74) is 1.93. The van der Waals surface area contributed by atoms with E-state index in [0.717, 1.165) is 21.4 Å². The fourth-order valence-electron chi connectivity index (χ4n) is 1.31. The molecule has 1 aliphatic rings. The number of rotatable bonds is 1. The minimum absolute atomic E-state index is 0.0615. The van der Waals surface area contributed by atoms with E-state index in [4.69, 9.17) is 9.84 Å². The Morgan fingerprint density at radius 1 is 1.46 bits per heavy atom. The molecule has 1 aromatic carbocycles. The summed E-state index contributed by atoms with van der Waals surface area (Å²) in [6, 6.07) is 5.86. The number of para-hydroxylation sites is 1. The Bertz CT molecular complexity index is 358. The van der Waals surface area contributed by atoms with Gasteiger partial charge in [0.15, 0.2) is 0 Å². The van der Waals surface area contributed by atoms with E-state index in [1.807, 2.05) is 24.3 Å². The fourth-order valence-corrected chi connectivity index (χ4v) is 1.81. The van der Waals surface area contributed by atoms with Gasteiger partial charge in [-0.05, 0) is 33.6 Å². The molecule has 0 saturated carbocycles. The second-order valence-corrected chi connectivity index (χ2v) is 3.76. The van der Waals surface area contributed by atoms with E-state index in [-0.39, 0.29) is 6.61 Å². The van der Waals surface area contributed by atoms with Gasteiger partial charge in [0, 0.05) is 5.56 Å². The Labute approximate surface area is 85.0 Å². The topological polar surface area (TPSA) is 29.5 Å². The molecule has 13 heavy (non-hydrogen) atoms. The number of hydrogen-bond donors (Lipinski definition) is 1. The summed E-state index contributed by atoms with van der Waals surface area (Å²) in [5.74, 6) is 0.861. The maximum absolute atomic E-state index is 8.93. The van der Waals surface area contributed by atoms with Crippen molar-refractivity contribution in [2.24, 2.45) is 0 Å². The van der Waals surface area contributed by atoms with Gasteiger partial charge in [-0.1, -0.05) is 12.1 Å². The lowest BCUT2D eigenvalue weighted by Gasteiger charge is -2.17. The molecule has 0 bridgehead atoms. The maximum atomic E-state index is 8.93. The third-order valence-electron chi connectivity index (χ3n) is 1.96. The van der Waals surface area contributed by atoms with Gasteiger partial charge < -0.3 is 9.84 Å². The lowest BCUT2D eigenvalue weighted by Crippen LogP contribution is -2.10. The zero-order chi connectivity index (χ0) is 9.26. The number of aliphatic hydroxyl groups is 1.